The van der Waals surface area contributed by atoms with E-state index in [1.54, 1.807) is 17.8 Å². The third-order valence-corrected chi connectivity index (χ3v) is 4.77. The number of quaternary nitrogens is 1. The molecule has 0 aliphatic heterocycles. The fraction of sp³-hybridized carbons (Fsp3) is 0.235. The van der Waals surface area contributed by atoms with Crippen molar-refractivity contribution in [1.82, 2.24) is 0 Å². The molecule has 2 N–H and O–H groups in total. The summed E-state index contributed by atoms with van der Waals surface area (Å²) in [5.74, 6) is -0.0131. The first-order valence-corrected chi connectivity index (χ1v) is 9.15. The predicted molar refractivity (Wildman–Crippen MR) is 98.8 cm³/mol. The number of thioether (sulfide) groups is 1. The SMILES string of the molecule is CSc1cccc(NC(=O)C[NH+](C)Cc2ccc(Cl)c(Cl)c2)c1. The molecule has 0 bridgehead atoms. The molecule has 1 unspecified atom stereocenters. The summed E-state index contributed by atoms with van der Waals surface area (Å²) in [7, 11) is 1.97. The van der Waals surface area contributed by atoms with Gasteiger partial charge in [-0.1, -0.05) is 35.3 Å². The van der Waals surface area contributed by atoms with Gasteiger partial charge in [0.05, 0.1) is 17.1 Å². The molecule has 2 rings (SSSR count). The molecule has 122 valence electrons. The van der Waals surface area contributed by atoms with Gasteiger partial charge in [0, 0.05) is 16.1 Å². The first-order valence-electron chi connectivity index (χ1n) is 7.17. The highest BCUT2D eigenvalue weighted by atomic mass is 35.5. The summed E-state index contributed by atoms with van der Waals surface area (Å²) in [4.78, 5) is 14.3. The number of likely N-dealkylation sites (N-methyl/N-ethyl adjacent to an activating group) is 1. The Kier molecular flexibility index (Phi) is 6.78. The molecule has 0 aliphatic rings. The summed E-state index contributed by atoms with van der Waals surface area (Å²) in [6.45, 7) is 1.08. The smallest absolute Gasteiger partial charge is 0.279 e. The van der Waals surface area contributed by atoms with E-state index in [9.17, 15) is 4.79 Å². The van der Waals surface area contributed by atoms with Crippen LogP contribution >= 0.6 is 35.0 Å². The average molecular weight is 370 g/mol. The summed E-state index contributed by atoms with van der Waals surface area (Å²) < 4.78 is 0. The Bertz CT molecular complexity index is 694. The van der Waals surface area contributed by atoms with Crippen LogP contribution < -0.4 is 10.2 Å². The minimum Gasteiger partial charge on any atom is -0.326 e. The Balaban J connectivity index is 1.90. The molecule has 0 fully saturated rings. The molecule has 0 spiro atoms. The fourth-order valence-electron chi connectivity index (χ4n) is 2.24. The first kappa shape index (κ1) is 18.1. The van der Waals surface area contributed by atoms with E-state index < -0.39 is 0 Å². The molecule has 0 saturated carbocycles. The van der Waals surface area contributed by atoms with Gasteiger partial charge >= 0.3 is 0 Å². The molecule has 1 atom stereocenters. The second-order valence-electron chi connectivity index (χ2n) is 5.34. The lowest BCUT2D eigenvalue weighted by molar-refractivity contribution is -0.885. The van der Waals surface area contributed by atoms with Crippen LogP contribution in [0.5, 0.6) is 0 Å². The first-order chi connectivity index (χ1) is 11.0. The van der Waals surface area contributed by atoms with Gasteiger partial charge in [-0.25, -0.2) is 0 Å². The van der Waals surface area contributed by atoms with Crippen molar-refractivity contribution in [3.05, 3.63) is 58.1 Å². The molecule has 23 heavy (non-hydrogen) atoms. The van der Waals surface area contributed by atoms with Crippen molar-refractivity contribution in [2.75, 3.05) is 25.2 Å². The van der Waals surface area contributed by atoms with Gasteiger partial charge < -0.3 is 10.2 Å². The lowest BCUT2D eigenvalue weighted by atomic mass is 10.2. The van der Waals surface area contributed by atoms with E-state index in [2.05, 4.69) is 5.32 Å². The summed E-state index contributed by atoms with van der Waals surface area (Å²) in [6.07, 6.45) is 2.01. The van der Waals surface area contributed by atoms with E-state index in [1.165, 1.54) is 0 Å². The minimum atomic E-state index is -0.0131. The van der Waals surface area contributed by atoms with Gasteiger partial charge in [0.2, 0.25) is 0 Å². The molecule has 0 radical (unpaired) electrons. The summed E-state index contributed by atoms with van der Waals surface area (Å²) in [6, 6.07) is 13.4. The van der Waals surface area contributed by atoms with Crippen molar-refractivity contribution in [2.45, 2.75) is 11.4 Å². The van der Waals surface area contributed by atoms with E-state index in [4.69, 9.17) is 23.2 Å². The Morgan fingerprint density at radius 2 is 1.96 bits per heavy atom. The highest BCUT2D eigenvalue weighted by Crippen LogP contribution is 2.22. The third-order valence-electron chi connectivity index (χ3n) is 3.31. The summed E-state index contributed by atoms with van der Waals surface area (Å²) >= 11 is 13.6. The molecule has 0 saturated heterocycles. The quantitative estimate of drug-likeness (QED) is 0.765. The molecule has 3 nitrogen and oxygen atoms in total. The van der Waals surface area contributed by atoms with Crippen LogP contribution in [0.2, 0.25) is 10.0 Å². The van der Waals surface area contributed by atoms with Gasteiger partial charge in [-0.2, -0.15) is 0 Å². The molecule has 0 heterocycles. The zero-order chi connectivity index (χ0) is 16.8. The number of carbonyl (C=O) groups excluding carboxylic acids is 1. The monoisotopic (exact) mass is 369 g/mol. The van der Waals surface area contributed by atoms with Crippen molar-refractivity contribution in [3.63, 3.8) is 0 Å². The van der Waals surface area contributed by atoms with Gasteiger partial charge in [0.25, 0.3) is 5.91 Å². The van der Waals surface area contributed by atoms with Crippen LogP contribution in [-0.2, 0) is 11.3 Å². The van der Waals surface area contributed by atoms with Crippen LogP contribution in [0.25, 0.3) is 0 Å². The number of nitrogens with one attached hydrogen (secondary N) is 2. The highest BCUT2D eigenvalue weighted by Gasteiger charge is 2.12. The Labute approximate surface area is 151 Å². The van der Waals surface area contributed by atoms with Gasteiger partial charge in [-0.05, 0) is 36.6 Å². The molecule has 0 aliphatic carbocycles. The van der Waals surface area contributed by atoms with E-state index in [-0.39, 0.29) is 5.91 Å². The van der Waals surface area contributed by atoms with Gasteiger partial charge in [-0.15, -0.1) is 11.8 Å². The number of amides is 1. The molecular formula is C17H19Cl2N2OS+. The second-order valence-corrected chi connectivity index (χ2v) is 7.03. The highest BCUT2D eigenvalue weighted by molar-refractivity contribution is 7.98. The number of hydrogen-bond donors (Lipinski definition) is 2. The molecular weight excluding hydrogens is 351 g/mol. The van der Waals surface area contributed by atoms with Crippen molar-refractivity contribution in [2.24, 2.45) is 0 Å². The minimum absolute atomic E-state index is 0.0131. The van der Waals surface area contributed by atoms with Crippen LogP contribution in [-0.4, -0.2) is 25.8 Å². The van der Waals surface area contributed by atoms with Crippen molar-refractivity contribution in [1.29, 1.82) is 0 Å². The van der Waals surface area contributed by atoms with E-state index in [0.717, 1.165) is 21.0 Å². The maximum Gasteiger partial charge on any atom is 0.279 e. The summed E-state index contributed by atoms with van der Waals surface area (Å²) in [5.41, 5.74) is 1.87. The Morgan fingerprint density at radius 1 is 1.17 bits per heavy atom. The third kappa shape index (κ3) is 5.74. The number of benzene rings is 2. The van der Waals surface area contributed by atoms with E-state index in [1.807, 2.05) is 49.7 Å². The van der Waals surface area contributed by atoms with Gasteiger partial charge in [0.1, 0.15) is 6.54 Å². The van der Waals surface area contributed by atoms with Gasteiger partial charge in [0.15, 0.2) is 6.54 Å². The van der Waals surface area contributed by atoms with E-state index in [0.29, 0.717) is 23.1 Å². The van der Waals surface area contributed by atoms with Crippen molar-refractivity contribution in [3.8, 4) is 0 Å². The maximum atomic E-state index is 12.1. The largest absolute Gasteiger partial charge is 0.326 e. The lowest BCUT2D eigenvalue weighted by Gasteiger charge is -2.14. The molecule has 2 aromatic rings. The normalized spacial score (nSPS) is 12.0. The lowest BCUT2D eigenvalue weighted by Crippen LogP contribution is -3.08. The Hall–Kier alpha value is -1.20. The topological polar surface area (TPSA) is 33.5 Å². The van der Waals surface area contributed by atoms with E-state index >= 15 is 0 Å². The van der Waals surface area contributed by atoms with Gasteiger partial charge in [-0.3, -0.25) is 4.79 Å². The van der Waals surface area contributed by atoms with Crippen molar-refractivity contribution < 1.29 is 9.69 Å². The standard InChI is InChI=1S/C17H18Cl2N2OS/c1-21(10-12-6-7-15(18)16(19)8-12)11-17(22)20-13-4-3-5-14(9-13)23-2/h3-9H,10-11H2,1-2H3,(H,20,22)/p+1. The van der Waals surface area contributed by atoms with Crippen LogP contribution in [0.15, 0.2) is 47.4 Å². The zero-order valence-electron chi connectivity index (χ0n) is 13.0. The molecule has 2 aromatic carbocycles. The van der Waals surface area contributed by atoms with Crippen LogP contribution in [0.1, 0.15) is 5.56 Å². The zero-order valence-corrected chi connectivity index (χ0v) is 15.4. The maximum absolute atomic E-state index is 12.1. The summed E-state index contributed by atoms with van der Waals surface area (Å²) in [5, 5.41) is 4.01. The van der Waals surface area contributed by atoms with Crippen LogP contribution in [0.3, 0.4) is 0 Å². The second kappa shape index (κ2) is 8.60. The van der Waals surface area contributed by atoms with Crippen molar-refractivity contribution >= 4 is 46.6 Å². The molecule has 1 amide bonds. The van der Waals surface area contributed by atoms with Crippen LogP contribution in [0.4, 0.5) is 5.69 Å². The number of hydrogen-bond acceptors (Lipinski definition) is 2. The van der Waals surface area contributed by atoms with Crippen LogP contribution in [0, 0.1) is 0 Å². The number of halogens is 2. The number of anilines is 1. The Morgan fingerprint density at radius 3 is 2.65 bits per heavy atom. The molecule has 6 heteroatoms. The fourth-order valence-corrected chi connectivity index (χ4v) is 3.02. The number of carbonyl (C=O) groups is 1. The average Bonchev–Trinajstić information content (AvgIpc) is 2.51. The number of rotatable bonds is 6. The molecule has 0 aromatic heterocycles. The predicted octanol–water partition coefficient (Wildman–Crippen LogP) is 3.37.